The van der Waals surface area contributed by atoms with Gasteiger partial charge in [-0.2, -0.15) is 0 Å². The van der Waals surface area contributed by atoms with Gasteiger partial charge in [0.15, 0.2) is 0 Å². The molecule has 0 heterocycles. The number of benzene rings is 1. The third-order valence-electron chi connectivity index (χ3n) is 3.24. The van der Waals surface area contributed by atoms with Crippen LogP contribution in [-0.2, 0) is 14.8 Å². The lowest BCUT2D eigenvalue weighted by molar-refractivity contribution is 0.0679. The average molecular weight is 301 g/mol. The zero-order valence-corrected chi connectivity index (χ0v) is 13.0. The molecule has 1 aromatic carbocycles. The molecule has 114 valence electrons. The van der Waals surface area contributed by atoms with Crippen molar-refractivity contribution in [1.82, 2.24) is 4.72 Å². The minimum Gasteiger partial charge on any atom is -0.389 e. The summed E-state index contributed by atoms with van der Waals surface area (Å²) in [5.41, 5.74) is 1.12. The quantitative estimate of drug-likeness (QED) is 0.763. The Balaban J connectivity index is 2.73. The summed E-state index contributed by atoms with van der Waals surface area (Å²) < 4.78 is 31.2. The number of aliphatic hydroxyl groups is 1. The van der Waals surface area contributed by atoms with Gasteiger partial charge in [0.05, 0.1) is 17.6 Å². The Hall–Kier alpha value is -0.950. The molecular formula is C14H23NO4S. The number of nitrogens with one attached hydrogen (secondary N) is 1. The predicted octanol–water partition coefficient (Wildman–Crippen LogP) is 1.49. The van der Waals surface area contributed by atoms with Crippen molar-refractivity contribution in [2.75, 3.05) is 20.3 Å². The first-order chi connectivity index (χ1) is 9.40. The van der Waals surface area contributed by atoms with E-state index in [1.54, 1.807) is 12.1 Å². The van der Waals surface area contributed by atoms with Crippen LogP contribution in [0.25, 0.3) is 0 Å². The van der Waals surface area contributed by atoms with E-state index in [-0.39, 0.29) is 18.0 Å². The number of hydrogen-bond donors (Lipinski definition) is 2. The smallest absolute Gasteiger partial charge is 0.240 e. The maximum atomic E-state index is 12.0. The first-order valence-electron chi connectivity index (χ1n) is 6.67. The lowest BCUT2D eigenvalue weighted by Crippen LogP contribution is -2.34. The molecule has 6 heteroatoms. The molecule has 2 unspecified atom stereocenters. The van der Waals surface area contributed by atoms with Crippen molar-refractivity contribution in [3.05, 3.63) is 29.8 Å². The molecule has 0 aliphatic carbocycles. The number of hydrogen-bond acceptors (Lipinski definition) is 4. The van der Waals surface area contributed by atoms with Crippen molar-refractivity contribution >= 4 is 10.0 Å². The van der Waals surface area contributed by atoms with E-state index in [0.29, 0.717) is 5.92 Å². The van der Waals surface area contributed by atoms with Crippen molar-refractivity contribution in [2.45, 2.75) is 37.2 Å². The molecule has 1 rings (SSSR count). The third-order valence-corrected chi connectivity index (χ3v) is 4.68. The fraction of sp³-hybridized carbons (Fsp3) is 0.571. The summed E-state index contributed by atoms with van der Waals surface area (Å²) in [4.78, 5) is 0.203. The van der Waals surface area contributed by atoms with E-state index in [2.05, 4.69) is 18.6 Å². The van der Waals surface area contributed by atoms with Crippen molar-refractivity contribution in [1.29, 1.82) is 0 Å². The van der Waals surface area contributed by atoms with Crippen LogP contribution in [0.1, 0.15) is 31.7 Å². The molecule has 1 aromatic rings. The third kappa shape index (κ3) is 4.86. The monoisotopic (exact) mass is 301 g/mol. The standard InChI is InChI=1S/C14H23NO4S/c1-4-11(2)12-5-7-14(8-6-12)20(17,18)15-9-13(16)10-19-3/h5-8,11,13,15-16H,4,9-10H2,1-3H3. The Bertz CT molecular complexity index is 498. The van der Waals surface area contributed by atoms with Crippen LogP contribution in [0, 0.1) is 0 Å². The summed E-state index contributed by atoms with van der Waals surface area (Å²) in [5, 5.41) is 9.46. The van der Waals surface area contributed by atoms with E-state index < -0.39 is 16.1 Å². The van der Waals surface area contributed by atoms with Gasteiger partial charge in [-0.05, 0) is 30.0 Å². The van der Waals surface area contributed by atoms with Gasteiger partial charge in [0, 0.05) is 13.7 Å². The SMILES string of the molecule is CCC(C)c1ccc(S(=O)(=O)NCC(O)COC)cc1. The highest BCUT2D eigenvalue weighted by atomic mass is 32.2. The minimum absolute atomic E-state index is 0.0662. The second kappa shape index (κ2) is 7.73. The van der Waals surface area contributed by atoms with Gasteiger partial charge in [0.2, 0.25) is 10.0 Å². The van der Waals surface area contributed by atoms with Crippen molar-refractivity contribution in [3.8, 4) is 0 Å². The van der Waals surface area contributed by atoms with E-state index in [1.807, 2.05) is 12.1 Å². The lowest BCUT2D eigenvalue weighted by Gasteiger charge is -2.13. The summed E-state index contributed by atoms with van der Waals surface area (Å²) in [6.07, 6.45) is 0.155. The Labute approximate surface area is 121 Å². The van der Waals surface area contributed by atoms with Gasteiger partial charge >= 0.3 is 0 Å². The van der Waals surface area contributed by atoms with Crippen LogP contribution in [0.15, 0.2) is 29.2 Å². The van der Waals surface area contributed by atoms with Crippen molar-refractivity contribution in [2.24, 2.45) is 0 Å². The lowest BCUT2D eigenvalue weighted by atomic mass is 9.99. The molecule has 0 amide bonds. The molecule has 20 heavy (non-hydrogen) atoms. The van der Waals surface area contributed by atoms with Gasteiger partial charge in [-0.25, -0.2) is 13.1 Å². The Morgan fingerprint density at radius 3 is 2.40 bits per heavy atom. The van der Waals surface area contributed by atoms with Crippen LogP contribution in [0.3, 0.4) is 0 Å². The number of aliphatic hydroxyl groups excluding tert-OH is 1. The van der Waals surface area contributed by atoms with Crippen LogP contribution in [-0.4, -0.2) is 39.9 Å². The molecule has 0 bridgehead atoms. The molecule has 0 aliphatic heterocycles. The Kier molecular flexibility index (Phi) is 6.61. The largest absolute Gasteiger partial charge is 0.389 e. The van der Waals surface area contributed by atoms with Crippen LogP contribution in [0.2, 0.25) is 0 Å². The molecule has 0 saturated heterocycles. The van der Waals surface area contributed by atoms with Gasteiger partial charge in [0.25, 0.3) is 0 Å². The maximum Gasteiger partial charge on any atom is 0.240 e. The summed E-state index contributed by atoms with van der Waals surface area (Å²) >= 11 is 0. The Morgan fingerprint density at radius 2 is 1.90 bits per heavy atom. The van der Waals surface area contributed by atoms with Gasteiger partial charge in [-0.1, -0.05) is 26.0 Å². The molecule has 2 atom stereocenters. The predicted molar refractivity (Wildman–Crippen MR) is 78.2 cm³/mol. The second-order valence-electron chi connectivity index (χ2n) is 4.84. The highest BCUT2D eigenvalue weighted by Gasteiger charge is 2.16. The second-order valence-corrected chi connectivity index (χ2v) is 6.61. The van der Waals surface area contributed by atoms with E-state index >= 15 is 0 Å². The number of rotatable bonds is 8. The van der Waals surface area contributed by atoms with E-state index in [4.69, 9.17) is 4.74 Å². The molecular weight excluding hydrogens is 278 g/mol. The van der Waals surface area contributed by atoms with Crippen LogP contribution in [0.5, 0.6) is 0 Å². The van der Waals surface area contributed by atoms with Gasteiger partial charge in [0.1, 0.15) is 0 Å². The topological polar surface area (TPSA) is 75.6 Å². The summed E-state index contributed by atoms with van der Waals surface area (Å²) in [6.45, 7) is 4.22. The average Bonchev–Trinajstić information content (AvgIpc) is 2.45. The highest BCUT2D eigenvalue weighted by molar-refractivity contribution is 7.89. The van der Waals surface area contributed by atoms with Crippen molar-refractivity contribution < 1.29 is 18.3 Å². The molecule has 0 radical (unpaired) electrons. The first kappa shape index (κ1) is 17.1. The normalized spacial score (nSPS) is 15.0. The molecule has 0 aromatic heterocycles. The summed E-state index contributed by atoms with van der Waals surface area (Å²) in [6, 6.07) is 6.84. The Morgan fingerprint density at radius 1 is 1.30 bits per heavy atom. The zero-order chi connectivity index (χ0) is 15.2. The minimum atomic E-state index is -3.59. The zero-order valence-electron chi connectivity index (χ0n) is 12.2. The van der Waals surface area contributed by atoms with E-state index in [1.165, 1.54) is 7.11 Å². The van der Waals surface area contributed by atoms with Gasteiger partial charge in [-0.15, -0.1) is 0 Å². The molecule has 0 aliphatic rings. The maximum absolute atomic E-state index is 12.0. The molecule has 2 N–H and O–H groups in total. The van der Waals surface area contributed by atoms with E-state index in [0.717, 1.165) is 12.0 Å². The highest BCUT2D eigenvalue weighted by Crippen LogP contribution is 2.20. The van der Waals surface area contributed by atoms with Gasteiger partial charge in [-0.3, -0.25) is 0 Å². The molecule has 0 spiro atoms. The number of sulfonamides is 1. The van der Waals surface area contributed by atoms with Gasteiger partial charge < -0.3 is 9.84 Å². The molecule has 5 nitrogen and oxygen atoms in total. The molecule has 0 saturated carbocycles. The summed E-state index contributed by atoms with van der Waals surface area (Å²) in [7, 11) is -2.14. The van der Waals surface area contributed by atoms with Crippen LogP contribution >= 0.6 is 0 Å². The van der Waals surface area contributed by atoms with Crippen LogP contribution in [0.4, 0.5) is 0 Å². The first-order valence-corrected chi connectivity index (χ1v) is 8.15. The van der Waals surface area contributed by atoms with E-state index in [9.17, 15) is 13.5 Å². The summed E-state index contributed by atoms with van der Waals surface area (Å²) in [5.74, 6) is 0.406. The van der Waals surface area contributed by atoms with Crippen molar-refractivity contribution in [3.63, 3.8) is 0 Å². The number of methoxy groups -OCH3 is 1. The fourth-order valence-electron chi connectivity index (χ4n) is 1.75. The number of ether oxygens (including phenoxy) is 1. The van der Waals surface area contributed by atoms with Crippen LogP contribution < -0.4 is 4.72 Å². The molecule has 0 fully saturated rings. The fourth-order valence-corrected chi connectivity index (χ4v) is 2.82.